The fraction of sp³-hybridized carbons (Fsp3) is 0.588. The number of carbonyl (C=O) groups excluding carboxylic acids is 1. The fourth-order valence-electron chi connectivity index (χ4n) is 2.63. The molecule has 1 N–H and O–H groups in total. The van der Waals surface area contributed by atoms with E-state index in [2.05, 4.69) is 36.5 Å². The Balaban J connectivity index is 1.77. The Morgan fingerprint density at radius 3 is 2.70 bits per heavy atom. The molecule has 0 bridgehead atoms. The fourth-order valence-corrected chi connectivity index (χ4v) is 3.60. The molecule has 2 rings (SSSR count). The van der Waals surface area contributed by atoms with Crippen molar-refractivity contribution in [2.75, 3.05) is 0 Å². The van der Waals surface area contributed by atoms with E-state index in [1.807, 2.05) is 6.92 Å². The molecule has 1 aromatic rings. The van der Waals surface area contributed by atoms with E-state index in [-0.39, 0.29) is 11.2 Å². The Bertz CT molecular complexity index is 440. The number of benzene rings is 1. The SMILES string of the molecule is Cc1ccccc1CSC(C)C(=O)NC1CCCCC1. The third-order valence-corrected chi connectivity index (χ3v) is 5.26. The molecule has 0 saturated heterocycles. The molecule has 1 amide bonds. The number of hydrogen-bond donors (Lipinski definition) is 1. The van der Waals surface area contributed by atoms with Gasteiger partial charge in [-0.25, -0.2) is 0 Å². The predicted molar refractivity (Wildman–Crippen MR) is 87.0 cm³/mol. The average Bonchev–Trinajstić information content (AvgIpc) is 2.47. The minimum absolute atomic E-state index is 0.0246. The van der Waals surface area contributed by atoms with Crippen molar-refractivity contribution in [2.24, 2.45) is 0 Å². The van der Waals surface area contributed by atoms with E-state index in [0.29, 0.717) is 6.04 Å². The van der Waals surface area contributed by atoms with Crippen LogP contribution in [0.1, 0.15) is 50.2 Å². The summed E-state index contributed by atoms with van der Waals surface area (Å²) in [6, 6.07) is 8.81. The molecule has 1 aromatic carbocycles. The van der Waals surface area contributed by atoms with Crippen LogP contribution in [0.2, 0.25) is 0 Å². The summed E-state index contributed by atoms with van der Waals surface area (Å²) in [4.78, 5) is 12.2. The molecule has 1 atom stereocenters. The second-order valence-electron chi connectivity index (χ2n) is 5.72. The molecule has 110 valence electrons. The van der Waals surface area contributed by atoms with Crippen molar-refractivity contribution in [3.8, 4) is 0 Å². The van der Waals surface area contributed by atoms with Gasteiger partial charge in [-0.15, -0.1) is 11.8 Å². The van der Waals surface area contributed by atoms with Gasteiger partial charge in [0.05, 0.1) is 5.25 Å². The number of carbonyl (C=O) groups is 1. The van der Waals surface area contributed by atoms with Crippen molar-refractivity contribution >= 4 is 17.7 Å². The van der Waals surface area contributed by atoms with Gasteiger partial charge >= 0.3 is 0 Å². The molecule has 1 aliphatic rings. The Kier molecular flexibility index (Phi) is 5.96. The molecule has 1 aliphatic carbocycles. The summed E-state index contributed by atoms with van der Waals surface area (Å²) in [5.41, 5.74) is 2.63. The highest BCUT2D eigenvalue weighted by molar-refractivity contribution is 7.99. The highest BCUT2D eigenvalue weighted by Gasteiger charge is 2.19. The topological polar surface area (TPSA) is 29.1 Å². The quantitative estimate of drug-likeness (QED) is 0.886. The Morgan fingerprint density at radius 2 is 2.00 bits per heavy atom. The lowest BCUT2D eigenvalue weighted by Crippen LogP contribution is -2.40. The molecule has 0 spiro atoms. The Hall–Kier alpha value is -0.960. The van der Waals surface area contributed by atoms with Crippen LogP contribution in [0.4, 0.5) is 0 Å². The van der Waals surface area contributed by atoms with E-state index in [1.54, 1.807) is 11.8 Å². The molecule has 0 radical (unpaired) electrons. The van der Waals surface area contributed by atoms with Gasteiger partial charge in [-0.05, 0) is 37.8 Å². The van der Waals surface area contributed by atoms with Crippen LogP contribution in [0.15, 0.2) is 24.3 Å². The normalized spacial score (nSPS) is 17.7. The van der Waals surface area contributed by atoms with Gasteiger partial charge in [0.15, 0.2) is 0 Å². The van der Waals surface area contributed by atoms with Crippen LogP contribution in [-0.2, 0) is 10.5 Å². The van der Waals surface area contributed by atoms with Crippen LogP contribution in [0.3, 0.4) is 0 Å². The molecular weight excluding hydrogens is 266 g/mol. The molecule has 0 aromatic heterocycles. The zero-order valence-corrected chi connectivity index (χ0v) is 13.3. The summed E-state index contributed by atoms with van der Waals surface area (Å²) in [7, 11) is 0. The van der Waals surface area contributed by atoms with Gasteiger partial charge in [0.2, 0.25) is 5.91 Å². The number of amides is 1. The van der Waals surface area contributed by atoms with Crippen molar-refractivity contribution < 1.29 is 4.79 Å². The number of rotatable bonds is 5. The Morgan fingerprint density at radius 1 is 1.30 bits per heavy atom. The molecule has 1 fully saturated rings. The van der Waals surface area contributed by atoms with Crippen LogP contribution in [0.5, 0.6) is 0 Å². The van der Waals surface area contributed by atoms with Gasteiger partial charge in [0, 0.05) is 11.8 Å². The van der Waals surface area contributed by atoms with Gasteiger partial charge in [-0.1, -0.05) is 43.5 Å². The summed E-state index contributed by atoms with van der Waals surface area (Å²) in [6.07, 6.45) is 6.15. The van der Waals surface area contributed by atoms with Crippen molar-refractivity contribution in [3.63, 3.8) is 0 Å². The number of aryl methyl sites for hydroxylation is 1. The lowest BCUT2D eigenvalue weighted by molar-refractivity contribution is -0.121. The molecule has 1 saturated carbocycles. The zero-order valence-electron chi connectivity index (χ0n) is 12.5. The molecule has 2 nitrogen and oxygen atoms in total. The minimum atomic E-state index is 0.0246. The van der Waals surface area contributed by atoms with E-state index in [9.17, 15) is 4.79 Å². The third kappa shape index (κ3) is 4.55. The summed E-state index contributed by atoms with van der Waals surface area (Å²) < 4.78 is 0. The monoisotopic (exact) mass is 291 g/mol. The first-order valence-electron chi connectivity index (χ1n) is 7.63. The lowest BCUT2D eigenvalue weighted by Gasteiger charge is -2.24. The zero-order chi connectivity index (χ0) is 14.4. The van der Waals surface area contributed by atoms with E-state index >= 15 is 0 Å². The first-order chi connectivity index (χ1) is 9.66. The lowest BCUT2D eigenvalue weighted by atomic mass is 9.95. The highest BCUT2D eigenvalue weighted by Crippen LogP contribution is 2.22. The molecular formula is C17H25NOS. The van der Waals surface area contributed by atoms with Crippen LogP contribution in [0.25, 0.3) is 0 Å². The second-order valence-corrected chi connectivity index (χ2v) is 7.05. The molecule has 20 heavy (non-hydrogen) atoms. The maximum absolute atomic E-state index is 12.2. The van der Waals surface area contributed by atoms with E-state index < -0.39 is 0 Å². The van der Waals surface area contributed by atoms with Crippen LogP contribution < -0.4 is 5.32 Å². The van der Waals surface area contributed by atoms with Crippen LogP contribution >= 0.6 is 11.8 Å². The number of thioether (sulfide) groups is 1. The average molecular weight is 291 g/mol. The largest absolute Gasteiger partial charge is 0.352 e. The minimum Gasteiger partial charge on any atom is -0.352 e. The van der Waals surface area contributed by atoms with Gasteiger partial charge < -0.3 is 5.32 Å². The second kappa shape index (κ2) is 7.72. The maximum Gasteiger partial charge on any atom is 0.233 e. The number of hydrogen-bond acceptors (Lipinski definition) is 2. The van der Waals surface area contributed by atoms with Gasteiger partial charge in [-0.2, -0.15) is 0 Å². The first-order valence-corrected chi connectivity index (χ1v) is 8.68. The maximum atomic E-state index is 12.2. The van der Waals surface area contributed by atoms with Crippen molar-refractivity contribution in [3.05, 3.63) is 35.4 Å². The molecule has 0 aliphatic heterocycles. The van der Waals surface area contributed by atoms with Crippen molar-refractivity contribution in [1.29, 1.82) is 0 Å². The van der Waals surface area contributed by atoms with Crippen LogP contribution in [-0.4, -0.2) is 17.2 Å². The van der Waals surface area contributed by atoms with E-state index in [0.717, 1.165) is 18.6 Å². The summed E-state index contributed by atoms with van der Waals surface area (Å²) >= 11 is 1.73. The van der Waals surface area contributed by atoms with Crippen molar-refractivity contribution in [1.82, 2.24) is 5.32 Å². The summed E-state index contributed by atoms with van der Waals surface area (Å²) in [5.74, 6) is 1.11. The van der Waals surface area contributed by atoms with Gasteiger partial charge in [0.25, 0.3) is 0 Å². The van der Waals surface area contributed by atoms with Gasteiger partial charge in [0.1, 0.15) is 0 Å². The van der Waals surface area contributed by atoms with Crippen molar-refractivity contribution in [2.45, 2.75) is 63.0 Å². The molecule has 1 unspecified atom stereocenters. The predicted octanol–water partition coefficient (Wildman–Crippen LogP) is 4.07. The van der Waals surface area contributed by atoms with E-state index in [4.69, 9.17) is 0 Å². The van der Waals surface area contributed by atoms with E-state index in [1.165, 1.54) is 30.4 Å². The standard InChI is InChI=1S/C17H25NOS/c1-13-8-6-7-9-15(13)12-20-14(2)17(19)18-16-10-4-3-5-11-16/h6-9,14,16H,3-5,10-12H2,1-2H3,(H,18,19). The van der Waals surface area contributed by atoms with Crippen LogP contribution in [0, 0.1) is 6.92 Å². The summed E-state index contributed by atoms with van der Waals surface area (Å²) in [5, 5.41) is 3.23. The third-order valence-electron chi connectivity index (χ3n) is 4.07. The molecule has 3 heteroatoms. The smallest absolute Gasteiger partial charge is 0.233 e. The number of nitrogens with one attached hydrogen (secondary N) is 1. The Labute approximate surface area is 126 Å². The first kappa shape index (κ1) is 15.4. The highest BCUT2D eigenvalue weighted by atomic mass is 32.2. The molecule has 0 heterocycles. The van der Waals surface area contributed by atoms with Gasteiger partial charge in [-0.3, -0.25) is 4.79 Å². The summed E-state index contributed by atoms with van der Waals surface area (Å²) in [6.45, 7) is 4.14.